The number of rotatable bonds is 4. The second-order valence-corrected chi connectivity index (χ2v) is 16.7. The van der Waals surface area contributed by atoms with Gasteiger partial charge >= 0.3 is 0 Å². The summed E-state index contributed by atoms with van der Waals surface area (Å²) in [4.78, 5) is 0. The predicted molar refractivity (Wildman–Crippen MR) is 218 cm³/mol. The van der Waals surface area contributed by atoms with Crippen LogP contribution in [-0.4, -0.2) is 4.57 Å². The Morgan fingerprint density at radius 2 is 1.00 bits per heavy atom. The van der Waals surface area contributed by atoms with Crippen LogP contribution in [0.25, 0.3) is 38.6 Å². The zero-order chi connectivity index (χ0) is 35.1. The number of para-hydroxylation sites is 4. The lowest BCUT2D eigenvalue weighted by atomic mass is 9.61. The number of benzene rings is 8. The molecule has 0 saturated heterocycles. The number of aromatic nitrogens is 1. The lowest BCUT2D eigenvalue weighted by Gasteiger charge is -2.45. The van der Waals surface area contributed by atoms with E-state index in [0.29, 0.717) is 0 Å². The highest BCUT2D eigenvalue weighted by molar-refractivity contribution is 7.85. The Balaban J connectivity index is 1.15. The van der Waals surface area contributed by atoms with Crippen molar-refractivity contribution in [2.75, 3.05) is 0 Å². The Morgan fingerprint density at radius 3 is 1.77 bits per heavy atom. The third-order valence-electron chi connectivity index (χ3n) is 11.3. The zero-order valence-corrected chi connectivity index (χ0v) is 29.6. The lowest BCUT2D eigenvalue weighted by molar-refractivity contribution is 0.434. The largest absolute Gasteiger partial charge is 0.457 e. The summed E-state index contributed by atoms with van der Waals surface area (Å²) in [6, 6.07) is 67.5. The van der Waals surface area contributed by atoms with Crippen molar-refractivity contribution in [3.63, 3.8) is 0 Å². The first-order valence-electron chi connectivity index (χ1n) is 18.0. The molecule has 2 aliphatic heterocycles. The van der Waals surface area contributed by atoms with Gasteiger partial charge in [-0.25, -0.2) is 0 Å². The van der Waals surface area contributed by atoms with Gasteiger partial charge in [0.1, 0.15) is 11.5 Å². The molecule has 1 unspecified atom stereocenters. The van der Waals surface area contributed by atoms with E-state index in [1.165, 1.54) is 38.6 Å². The van der Waals surface area contributed by atoms with Crippen molar-refractivity contribution in [3.8, 4) is 28.3 Å². The minimum Gasteiger partial charge on any atom is -0.457 e. The fourth-order valence-corrected chi connectivity index (χ4v) is 11.7. The van der Waals surface area contributed by atoms with E-state index in [4.69, 9.17) is 4.74 Å². The van der Waals surface area contributed by atoms with Crippen LogP contribution in [0.3, 0.4) is 0 Å². The summed E-state index contributed by atoms with van der Waals surface area (Å²) < 4.78 is 24.4. The maximum Gasteiger partial charge on any atom is 0.171 e. The molecule has 250 valence electrons. The first kappa shape index (κ1) is 30.2. The third-order valence-corrected chi connectivity index (χ3v) is 14.4. The first-order chi connectivity index (χ1) is 26.2. The van der Waals surface area contributed by atoms with Crippen molar-refractivity contribution >= 4 is 44.9 Å². The van der Waals surface area contributed by atoms with E-state index < -0.39 is 12.6 Å². The Bertz CT molecular complexity index is 2900. The monoisotopic (exact) mass is 697 g/mol. The van der Waals surface area contributed by atoms with E-state index >= 15 is 4.57 Å². The molecule has 3 nitrogen and oxygen atoms in total. The number of fused-ring (bicyclic) bond motifs is 11. The molecule has 8 aromatic carbocycles. The molecule has 0 aliphatic carbocycles. The topological polar surface area (TPSA) is 31.2 Å². The van der Waals surface area contributed by atoms with Crippen LogP contribution in [-0.2, 0) is 9.98 Å². The van der Waals surface area contributed by atoms with Gasteiger partial charge in [0.25, 0.3) is 0 Å². The summed E-state index contributed by atoms with van der Waals surface area (Å²) in [7, 11) is -3.10. The molecule has 0 N–H and O–H groups in total. The molecule has 53 heavy (non-hydrogen) atoms. The summed E-state index contributed by atoms with van der Waals surface area (Å²) in [5.41, 5.74) is 9.77. The van der Waals surface area contributed by atoms with Gasteiger partial charge < -0.3 is 13.9 Å². The molecule has 0 fully saturated rings. The zero-order valence-electron chi connectivity index (χ0n) is 28.7. The van der Waals surface area contributed by atoms with E-state index in [1.807, 2.05) is 72.8 Å². The summed E-state index contributed by atoms with van der Waals surface area (Å²) >= 11 is 0. The summed E-state index contributed by atoms with van der Waals surface area (Å²) in [5.74, 6) is 1.71. The average Bonchev–Trinajstić information content (AvgIpc) is 3.58. The minimum atomic E-state index is -3.10. The van der Waals surface area contributed by atoms with Crippen molar-refractivity contribution in [2.45, 2.75) is 5.41 Å². The molecule has 0 saturated carbocycles. The Hall–Kier alpha value is -6.41. The molecule has 9 aromatic rings. The van der Waals surface area contributed by atoms with Gasteiger partial charge in [-0.15, -0.1) is 0 Å². The quantitative estimate of drug-likeness (QED) is 0.171. The molecule has 1 atom stereocenters. The van der Waals surface area contributed by atoms with Crippen LogP contribution < -0.4 is 20.7 Å². The number of nitrogens with zero attached hydrogens (tertiary/aromatic N) is 1. The third kappa shape index (κ3) is 4.09. The van der Waals surface area contributed by atoms with Crippen LogP contribution >= 0.6 is 7.14 Å². The Kier molecular flexibility index (Phi) is 6.44. The average molecular weight is 698 g/mol. The maximum absolute atomic E-state index is 15.1. The molecule has 0 amide bonds. The standard InChI is InChI=1S/C49H32NO2P/c51-53(35-14-3-1-4-15-35,36-16-5-2-6-17-36)37-29-26-33(27-30-37)34-28-31-47-43(32-34)49(41-21-9-12-25-46(41)52-47)40-20-8-11-24-45(40)50-44-23-10-7-18-38(44)39-19-13-22-42(49)48(39)50/h1-32H. The highest BCUT2D eigenvalue weighted by Gasteiger charge is 2.50. The van der Waals surface area contributed by atoms with Crippen LogP contribution in [0.4, 0.5) is 0 Å². The smallest absolute Gasteiger partial charge is 0.171 e. The molecular weight excluding hydrogens is 666 g/mol. The lowest BCUT2D eigenvalue weighted by Crippen LogP contribution is -2.37. The maximum atomic E-state index is 15.1. The number of ether oxygens (including phenoxy) is 1. The molecule has 3 heterocycles. The second kappa shape index (κ2) is 11.3. The van der Waals surface area contributed by atoms with E-state index in [2.05, 4.69) is 126 Å². The van der Waals surface area contributed by atoms with E-state index in [0.717, 1.165) is 49.7 Å². The van der Waals surface area contributed by atoms with Crippen LogP contribution in [0.5, 0.6) is 11.5 Å². The molecule has 0 radical (unpaired) electrons. The normalized spacial score (nSPS) is 15.5. The van der Waals surface area contributed by atoms with Crippen LogP contribution in [0.15, 0.2) is 194 Å². The van der Waals surface area contributed by atoms with E-state index in [-0.39, 0.29) is 0 Å². The van der Waals surface area contributed by atoms with Gasteiger partial charge in [0, 0.05) is 37.8 Å². The first-order valence-corrected chi connectivity index (χ1v) is 19.7. The molecule has 1 spiro atoms. The van der Waals surface area contributed by atoms with Crippen molar-refractivity contribution < 1.29 is 9.30 Å². The predicted octanol–water partition coefficient (Wildman–Crippen LogP) is 10.9. The SMILES string of the molecule is O=P(c1ccccc1)(c1ccccc1)c1ccc(-c2ccc3c(c2)C2(c4ccccc4O3)c3ccccc3-n3c4ccccc4c4cccc2c43)cc1. The summed E-state index contributed by atoms with van der Waals surface area (Å²) in [6.45, 7) is 0. The van der Waals surface area contributed by atoms with Crippen molar-refractivity contribution in [2.24, 2.45) is 0 Å². The molecule has 1 aromatic heterocycles. The van der Waals surface area contributed by atoms with Gasteiger partial charge in [-0.2, -0.15) is 0 Å². The van der Waals surface area contributed by atoms with Gasteiger partial charge in [0.15, 0.2) is 7.14 Å². The van der Waals surface area contributed by atoms with Crippen molar-refractivity contribution in [1.29, 1.82) is 0 Å². The highest BCUT2D eigenvalue weighted by Crippen LogP contribution is 2.60. The molecule has 0 bridgehead atoms. The van der Waals surface area contributed by atoms with Crippen LogP contribution in [0.2, 0.25) is 0 Å². The van der Waals surface area contributed by atoms with Crippen molar-refractivity contribution in [3.05, 3.63) is 216 Å². The van der Waals surface area contributed by atoms with Crippen LogP contribution in [0.1, 0.15) is 22.3 Å². The van der Waals surface area contributed by atoms with Gasteiger partial charge in [0.2, 0.25) is 0 Å². The summed E-state index contributed by atoms with van der Waals surface area (Å²) in [6.07, 6.45) is 0. The Morgan fingerprint density at radius 1 is 0.434 bits per heavy atom. The van der Waals surface area contributed by atoms with Gasteiger partial charge in [-0.05, 0) is 52.6 Å². The molecular formula is C49H32NO2P. The minimum absolute atomic E-state index is 0.642. The van der Waals surface area contributed by atoms with E-state index in [9.17, 15) is 0 Å². The summed E-state index contributed by atoms with van der Waals surface area (Å²) in [5, 5.41) is 4.95. The van der Waals surface area contributed by atoms with Crippen molar-refractivity contribution in [1.82, 2.24) is 4.57 Å². The highest BCUT2D eigenvalue weighted by atomic mass is 31.2. The fourth-order valence-electron chi connectivity index (χ4n) is 9.09. The van der Waals surface area contributed by atoms with Crippen LogP contribution in [0, 0.1) is 0 Å². The molecule has 4 heteroatoms. The fraction of sp³-hybridized carbons (Fsp3) is 0.0204. The number of hydrogen-bond acceptors (Lipinski definition) is 2. The van der Waals surface area contributed by atoms with Gasteiger partial charge in [-0.1, -0.05) is 164 Å². The Labute approximate surface area is 307 Å². The molecule has 11 rings (SSSR count). The number of hydrogen-bond donors (Lipinski definition) is 0. The van der Waals surface area contributed by atoms with Gasteiger partial charge in [-0.3, -0.25) is 0 Å². The van der Waals surface area contributed by atoms with E-state index in [1.54, 1.807) is 0 Å². The van der Waals surface area contributed by atoms with Gasteiger partial charge in [0.05, 0.1) is 22.1 Å². The molecule has 2 aliphatic rings. The second-order valence-electron chi connectivity index (χ2n) is 14.0.